The van der Waals surface area contributed by atoms with E-state index in [1.54, 1.807) is 28.6 Å². The number of carbonyl (C=O) groups excluding carboxylic acids is 1. The second-order valence-electron chi connectivity index (χ2n) is 6.87. The van der Waals surface area contributed by atoms with E-state index in [4.69, 9.17) is 0 Å². The molecule has 1 aromatic rings. The van der Waals surface area contributed by atoms with Crippen molar-refractivity contribution in [2.24, 2.45) is 0 Å². The molecule has 1 aromatic carbocycles. The van der Waals surface area contributed by atoms with Crippen LogP contribution in [0.3, 0.4) is 0 Å². The number of hydrogen-bond acceptors (Lipinski definition) is 4. The van der Waals surface area contributed by atoms with Gasteiger partial charge in [-0.1, -0.05) is 12.8 Å². The van der Waals surface area contributed by atoms with Gasteiger partial charge in [0.25, 0.3) is 0 Å². The monoisotopic (exact) mass is 365 g/mol. The summed E-state index contributed by atoms with van der Waals surface area (Å²) in [7, 11) is -3.44. The van der Waals surface area contributed by atoms with Crippen LogP contribution >= 0.6 is 0 Å². The smallest absolute Gasteiger partial charge is 0.243 e. The van der Waals surface area contributed by atoms with Crippen LogP contribution in [0, 0.1) is 0 Å². The molecule has 2 saturated heterocycles. The van der Waals surface area contributed by atoms with Crippen molar-refractivity contribution in [3.8, 4) is 0 Å². The fourth-order valence-corrected chi connectivity index (χ4v) is 5.00. The van der Waals surface area contributed by atoms with Crippen molar-refractivity contribution in [2.45, 2.75) is 43.4 Å². The molecule has 0 unspecified atom stereocenters. The van der Waals surface area contributed by atoms with Crippen molar-refractivity contribution >= 4 is 21.6 Å². The van der Waals surface area contributed by atoms with Crippen LogP contribution in [-0.2, 0) is 14.8 Å². The molecule has 6 nitrogen and oxygen atoms in total. The number of rotatable bonds is 5. The minimum atomic E-state index is -3.44. The molecule has 7 heteroatoms. The molecule has 2 aliphatic heterocycles. The van der Waals surface area contributed by atoms with E-state index < -0.39 is 10.0 Å². The van der Waals surface area contributed by atoms with E-state index in [1.807, 2.05) is 0 Å². The lowest BCUT2D eigenvalue weighted by molar-refractivity contribution is -0.117. The quantitative estimate of drug-likeness (QED) is 0.869. The third-order valence-corrected chi connectivity index (χ3v) is 6.82. The maximum atomic E-state index is 12.7. The molecule has 1 amide bonds. The number of hydrogen-bond donors (Lipinski definition) is 1. The number of likely N-dealkylation sites (tertiary alicyclic amines) is 1. The normalized spacial score (nSPS) is 20.3. The van der Waals surface area contributed by atoms with Crippen LogP contribution < -0.4 is 5.32 Å². The van der Waals surface area contributed by atoms with Crippen molar-refractivity contribution < 1.29 is 13.2 Å². The molecule has 3 rings (SSSR count). The molecule has 0 spiro atoms. The minimum absolute atomic E-state index is 0.0509. The number of amides is 1. The van der Waals surface area contributed by atoms with E-state index in [0.717, 1.165) is 51.6 Å². The van der Waals surface area contributed by atoms with Crippen LogP contribution in [-0.4, -0.2) is 56.3 Å². The number of anilines is 1. The summed E-state index contributed by atoms with van der Waals surface area (Å²) in [5.74, 6) is -0.0509. The van der Waals surface area contributed by atoms with Gasteiger partial charge in [0.2, 0.25) is 15.9 Å². The van der Waals surface area contributed by atoms with Crippen LogP contribution in [0.25, 0.3) is 0 Å². The first-order valence-electron chi connectivity index (χ1n) is 9.18. The predicted octanol–water partition coefficient (Wildman–Crippen LogP) is 2.29. The highest BCUT2D eigenvalue weighted by atomic mass is 32.2. The predicted molar refractivity (Wildman–Crippen MR) is 98.0 cm³/mol. The largest absolute Gasteiger partial charge is 0.325 e. The van der Waals surface area contributed by atoms with Gasteiger partial charge in [-0.15, -0.1) is 0 Å². The van der Waals surface area contributed by atoms with E-state index >= 15 is 0 Å². The van der Waals surface area contributed by atoms with E-state index in [1.165, 1.54) is 0 Å². The van der Waals surface area contributed by atoms with Crippen LogP contribution in [0.4, 0.5) is 5.69 Å². The topological polar surface area (TPSA) is 69.7 Å². The Bertz CT molecular complexity index is 674. The van der Waals surface area contributed by atoms with Gasteiger partial charge in [-0.05, 0) is 63.0 Å². The van der Waals surface area contributed by atoms with Gasteiger partial charge in [-0.2, -0.15) is 4.31 Å². The summed E-state index contributed by atoms with van der Waals surface area (Å²) >= 11 is 0. The molecular weight excluding hydrogens is 338 g/mol. The average molecular weight is 365 g/mol. The van der Waals surface area contributed by atoms with Gasteiger partial charge < -0.3 is 5.32 Å². The van der Waals surface area contributed by atoms with Gasteiger partial charge in [0.1, 0.15) is 0 Å². The molecule has 1 N–H and O–H groups in total. The molecule has 0 atom stereocenters. The Labute approximate surface area is 150 Å². The van der Waals surface area contributed by atoms with Crippen molar-refractivity contribution in [3.05, 3.63) is 24.3 Å². The lowest BCUT2D eigenvalue weighted by Crippen LogP contribution is -2.32. The van der Waals surface area contributed by atoms with Gasteiger partial charge in [-0.25, -0.2) is 8.42 Å². The molecule has 0 radical (unpaired) electrons. The lowest BCUT2D eigenvalue weighted by atomic mass is 10.2. The Morgan fingerprint density at radius 2 is 1.44 bits per heavy atom. The number of nitrogens with zero attached hydrogens (tertiary/aromatic N) is 2. The zero-order valence-corrected chi connectivity index (χ0v) is 15.4. The summed E-state index contributed by atoms with van der Waals surface area (Å²) in [6.45, 7) is 3.53. The Balaban J connectivity index is 1.61. The zero-order chi connectivity index (χ0) is 17.7. The molecule has 138 valence electrons. The molecule has 0 aromatic heterocycles. The first-order valence-corrected chi connectivity index (χ1v) is 10.6. The fourth-order valence-electron chi connectivity index (χ4n) is 3.49. The average Bonchev–Trinajstić information content (AvgIpc) is 2.94. The van der Waals surface area contributed by atoms with Crippen molar-refractivity contribution in [1.82, 2.24) is 9.21 Å². The molecule has 2 heterocycles. The summed E-state index contributed by atoms with van der Waals surface area (Å²) in [4.78, 5) is 14.5. The van der Waals surface area contributed by atoms with Gasteiger partial charge in [0, 0.05) is 18.8 Å². The second-order valence-corrected chi connectivity index (χ2v) is 8.81. The highest BCUT2D eigenvalue weighted by Gasteiger charge is 2.25. The Hall–Kier alpha value is -1.44. The highest BCUT2D eigenvalue weighted by Crippen LogP contribution is 2.21. The zero-order valence-electron chi connectivity index (χ0n) is 14.6. The third-order valence-electron chi connectivity index (χ3n) is 4.91. The number of carbonyl (C=O) groups is 1. The fraction of sp³-hybridized carbons (Fsp3) is 0.611. The van der Waals surface area contributed by atoms with Gasteiger partial charge in [0.15, 0.2) is 0 Å². The number of benzene rings is 1. The third kappa shape index (κ3) is 4.80. The molecule has 2 fully saturated rings. The van der Waals surface area contributed by atoms with E-state index in [9.17, 15) is 13.2 Å². The van der Waals surface area contributed by atoms with E-state index in [0.29, 0.717) is 30.2 Å². The molecule has 2 aliphatic rings. The molecule has 25 heavy (non-hydrogen) atoms. The summed E-state index contributed by atoms with van der Waals surface area (Å²) in [6, 6.07) is 6.52. The molecule has 0 saturated carbocycles. The summed E-state index contributed by atoms with van der Waals surface area (Å²) < 4.78 is 27.1. The van der Waals surface area contributed by atoms with E-state index in [2.05, 4.69) is 10.2 Å². The first-order chi connectivity index (χ1) is 12.1. The first kappa shape index (κ1) is 18.4. The molecular formula is C18H27N3O3S. The maximum Gasteiger partial charge on any atom is 0.243 e. The maximum absolute atomic E-state index is 12.7. The van der Waals surface area contributed by atoms with Gasteiger partial charge in [-0.3, -0.25) is 9.69 Å². The van der Waals surface area contributed by atoms with Crippen LogP contribution in [0.15, 0.2) is 29.2 Å². The Kier molecular flexibility index (Phi) is 6.09. The summed E-state index contributed by atoms with van der Waals surface area (Å²) in [5.41, 5.74) is 0.638. The van der Waals surface area contributed by atoms with Gasteiger partial charge >= 0.3 is 0 Å². The van der Waals surface area contributed by atoms with Crippen molar-refractivity contribution in [3.63, 3.8) is 0 Å². The Morgan fingerprint density at radius 1 is 0.880 bits per heavy atom. The molecule has 0 aliphatic carbocycles. The standard InChI is InChI=1S/C18H27N3O3S/c22-18(15-20-11-5-6-12-20)19-16-7-9-17(10-8-16)25(23,24)21-13-3-1-2-4-14-21/h7-10H,1-6,11-15H2,(H,19,22). The van der Waals surface area contributed by atoms with Crippen molar-refractivity contribution in [1.29, 1.82) is 0 Å². The van der Waals surface area contributed by atoms with Crippen LogP contribution in [0.2, 0.25) is 0 Å². The second kappa shape index (κ2) is 8.29. The minimum Gasteiger partial charge on any atom is -0.325 e. The van der Waals surface area contributed by atoms with Crippen molar-refractivity contribution in [2.75, 3.05) is 38.0 Å². The highest BCUT2D eigenvalue weighted by molar-refractivity contribution is 7.89. The number of nitrogens with one attached hydrogen (secondary N) is 1. The molecule has 0 bridgehead atoms. The Morgan fingerprint density at radius 3 is 2.04 bits per heavy atom. The summed E-state index contributed by atoms with van der Waals surface area (Å²) in [5, 5.41) is 2.85. The van der Waals surface area contributed by atoms with Gasteiger partial charge in [0.05, 0.1) is 11.4 Å². The van der Waals surface area contributed by atoms with Crippen LogP contribution in [0.5, 0.6) is 0 Å². The number of sulfonamides is 1. The lowest BCUT2D eigenvalue weighted by Gasteiger charge is -2.20. The van der Waals surface area contributed by atoms with Crippen LogP contribution in [0.1, 0.15) is 38.5 Å². The summed E-state index contributed by atoms with van der Waals surface area (Å²) in [6.07, 6.45) is 6.32. The van der Waals surface area contributed by atoms with E-state index in [-0.39, 0.29) is 5.91 Å². The SMILES string of the molecule is O=C(CN1CCCC1)Nc1ccc(S(=O)(=O)N2CCCCCC2)cc1.